The Kier molecular flexibility index (Phi) is 4.94. The smallest absolute Gasteiger partial charge is 0.226 e. The maximum atomic E-state index is 12.2. The van der Waals surface area contributed by atoms with Crippen LogP contribution in [-0.4, -0.2) is 57.4 Å². The SMILES string of the molecule is CCC(CNC)C(=O)N(C)C1CCS(=O)(=O)C1. The topological polar surface area (TPSA) is 66.5 Å². The van der Waals surface area contributed by atoms with Gasteiger partial charge in [0.25, 0.3) is 0 Å². The van der Waals surface area contributed by atoms with Crippen LogP contribution >= 0.6 is 0 Å². The van der Waals surface area contributed by atoms with Crippen LogP contribution in [0, 0.1) is 5.92 Å². The number of hydrogen-bond donors (Lipinski definition) is 1. The van der Waals surface area contributed by atoms with Crippen molar-refractivity contribution in [1.82, 2.24) is 10.2 Å². The first kappa shape index (κ1) is 14.4. The predicted molar refractivity (Wildman–Crippen MR) is 67.5 cm³/mol. The van der Waals surface area contributed by atoms with E-state index in [1.165, 1.54) is 0 Å². The molecule has 2 atom stereocenters. The molecular weight excluding hydrogens is 240 g/mol. The first-order valence-electron chi connectivity index (χ1n) is 6.03. The van der Waals surface area contributed by atoms with Crippen LogP contribution in [0.4, 0.5) is 0 Å². The van der Waals surface area contributed by atoms with E-state index in [1.54, 1.807) is 11.9 Å². The van der Waals surface area contributed by atoms with E-state index in [0.29, 0.717) is 13.0 Å². The Labute approximate surface area is 103 Å². The Morgan fingerprint density at radius 3 is 2.59 bits per heavy atom. The third-order valence-electron chi connectivity index (χ3n) is 3.40. The minimum Gasteiger partial charge on any atom is -0.341 e. The Morgan fingerprint density at radius 2 is 2.18 bits per heavy atom. The molecule has 1 fully saturated rings. The van der Waals surface area contributed by atoms with Gasteiger partial charge in [0.2, 0.25) is 5.91 Å². The zero-order valence-corrected chi connectivity index (χ0v) is 11.6. The number of carbonyl (C=O) groups excluding carboxylic acids is 1. The highest BCUT2D eigenvalue weighted by Gasteiger charge is 2.34. The Hall–Kier alpha value is -0.620. The summed E-state index contributed by atoms with van der Waals surface area (Å²) in [6.45, 7) is 2.61. The van der Waals surface area contributed by atoms with Crippen LogP contribution in [0.1, 0.15) is 19.8 Å². The lowest BCUT2D eigenvalue weighted by atomic mass is 10.0. The van der Waals surface area contributed by atoms with E-state index in [0.717, 1.165) is 6.42 Å². The van der Waals surface area contributed by atoms with Crippen molar-refractivity contribution in [3.8, 4) is 0 Å². The van der Waals surface area contributed by atoms with Crippen molar-refractivity contribution < 1.29 is 13.2 Å². The summed E-state index contributed by atoms with van der Waals surface area (Å²) >= 11 is 0. The Bertz CT molecular complexity index is 367. The van der Waals surface area contributed by atoms with Gasteiger partial charge in [0, 0.05) is 19.6 Å². The normalized spacial score (nSPS) is 24.5. The highest BCUT2D eigenvalue weighted by molar-refractivity contribution is 7.91. The van der Waals surface area contributed by atoms with E-state index in [9.17, 15) is 13.2 Å². The largest absolute Gasteiger partial charge is 0.341 e. The second kappa shape index (κ2) is 5.82. The number of nitrogens with zero attached hydrogens (tertiary/aromatic N) is 1. The summed E-state index contributed by atoms with van der Waals surface area (Å²) in [7, 11) is 0.602. The van der Waals surface area contributed by atoms with Crippen LogP contribution in [0.5, 0.6) is 0 Å². The second-order valence-electron chi connectivity index (χ2n) is 4.67. The monoisotopic (exact) mass is 262 g/mol. The van der Waals surface area contributed by atoms with E-state index in [4.69, 9.17) is 0 Å². The maximum Gasteiger partial charge on any atom is 0.226 e. The lowest BCUT2D eigenvalue weighted by Gasteiger charge is -2.27. The molecule has 0 aromatic carbocycles. The van der Waals surface area contributed by atoms with Gasteiger partial charge in [-0.3, -0.25) is 4.79 Å². The van der Waals surface area contributed by atoms with Gasteiger partial charge in [-0.25, -0.2) is 8.42 Å². The molecule has 1 aliphatic rings. The molecular formula is C11H22N2O3S. The molecule has 1 saturated heterocycles. The summed E-state index contributed by atoms with van der Waals surface area (Å²) in [6.07, 6.45) is 1.34. The fourth-order valence-electron chi connectivity index (χ4n) is 2.20. The summed E-state index contributed by atoms with van der Waals surface area (Å²) in [4.78, 5) is 13.8. The lowest BCUT2D eigenvalue weighted by molar-refractivity contribution is -0.135. The van der Waals surface area contributed by atoms with E-state index < -0.39 is 9.84 Å². The summed E-state index contributed by atoms with van der Waals surface area (Å²) in [6, 6.07) is -0.140. The van der Waals surface area contributed by atoms with Gasteiger partial charge < -0.3 is 10.2 Å². The zero-order valence-electron chi connectivity index (χ0n) is 10.8. The van der Waals surface area contributed by atoms with Crippen LogP contribution in [-0.2, 0) is 14.6 Å². The number of rotatable bonds is 5. The third-order valence-corrected chi connectivity index (χ3v) is 5.15. The average Bonchev–Trinajstić information content (AvgIpc) is 2.64. The van der Waals surface area contributed by atoms with Crippen molar-refractivity contribution in [3.63, 3.8) is 0 Å². The molecule has 0 saturated carbocycles. The first-order valence-corrected chi connectivity index (χ1v) is 7.85. The highest BCUT2D eigenvalue weighted by atomic mass is 32.2. The van der Waals surface area contributed by atoms with Crippen molar-refractivity contribution in [2.75, 3.05) is 32.1 Å². The molecule has 0 aromatic rings. The van der Waals surface area contributed by atoms with Gasteiger partial charge in [-0.2, -0.15) is 0 Å². The van der Waals surface area contributed by atoms with Gasteiger partial charge in [0.05, 0.1) is 17.4 Å². The van der Waals surface area contributed by atoms with Gasteiger partial charge in [-0.15, -0.1) is 0 Å². The molecule has 0 radical (unpaired) electrons. The number of amides is 1. The molecule has 0 bridgehead atoms. The average molecular weight is 262 g/mol. The standard InChI is InChI=1S/C11H22N2O3S/c1-4-9(7-12-2)11(14)13(3)10-5-6-17(15,16)8-10/h9-10,12H,4-8H2,1-3H3. The maximum absolute atomic E-state index is 12.2. The van der Waals surface area contributed by atoms with E-state index >= 15 is 0 Å². The van der Waals surface area contributed by atoms with Gasteiger partial charge in [-0.1, -0.05) is 6.92 Å². The van der Waals surface area contributed by atoms with Crippen LogP contribution in [0.25, 0.3) is 0 Å². The van der Waals surface area contributed by atoms with Crippen LogP contribution in [0.2, 0.25) is 0 Å². The van der Waals surface area contributed by atoms with Crippen molar-refractivity contribution in [1.29, 1.82) is 0 Å². The van der Waals surface area contributed by atoms with Crippen LogP contribution in [0.3, 0.4) is 0 Å². The fourth-order valence-corrected chi connectivity index (χ4v) is 3.98. The Morgan fingerprint density at radius 1 is 1.53 bits per heavy atom. The van der Waals surface area contributed by atoms with E-state index in [1.807, 2.05) is 14.0 Å². The minimum atomic E-state index is -2.93. The molecule has 0 spiro atoms. The zero-order chi connectivity index (χ0) is 13.1. The minimum absolute atomic E-state index is 0.0453. The number of hydrogen-bond acceptors (Lipinski definition) is 4. The number of sulfone groups is 1. The van der Waals surface area contributed by atoms with Crippen LogP contribution < -0.4 is 5.32 Å². The molecule has 1 rings (SSSR count). The molecule has 17 heavy (non-hydrogen) atoms. The van der Waals surface area contributed by atoms with Gasteiger partial charge in [-0.05, 0) is 19.9 Å². The lowest BCUT2D eigenvalue weighted by Crippen LogP contribution is -2.43. The van der Waals surface area contributed by atoms with E-state index in [-0.39, 0.29) is 29.4 Å². The second-order valence-corrected chi connectivity index (χ2v) is 6.90. The summed E-state index contributed by atoms with van der Waals surface area (Å²) in [5, 5.41) is 3.00. The van der Waals surface area contributed by atoms with Crippen molar-refractivity contribution >= 4 is 15.7 Å². The van der Waals surface area contributed by atoms with Crippen molar-refractivity contribution in [2.24, 2.45) is 5.92 Å². The van der Waals surface area contributed by atoms with Gasteiger partial charge in [0.15, 0.2) is 9.84 Å². The van der Waals surface area contributed by atoms with Crippen LogP contribution in [0.15, 0.2) is 0 Å². The number of carbonyl (C=O) groups is 1. The van der Waals surface area contributed by atoms with Crippen molar-refractivity contribution in [2.45, 2.75) is 25.8 Å². The molecule has 5 nitrogen and oxygen atoms in total. The van der Waals surface area contributed by atoms with E-state index in [2.05, 4.69) is 5.32 Å². The Balaban J connectivity index is 2.63. The predicted octanol–water partition coefficient (Wildman–Crippen LogP) is -0.122. The molecule has 100 valence electrons. The third kappa shape index (κ3) is 3.67. The summed E-state index contributed by atoms with van der Waals surface area (Å²) < 4.78 is 22.8. The molecule has 2 unspecified atom stereocenters. The molecule has 1 N–H and O–H groups in total. The van der Waals surface area contributed by atoms with Gasteiger partial charge in [0.1, 0.15) is 0 Å². The quantitative estimate of drug-likeness (QED) is 0.750. The van der Waals surface area contributed by atoms with Gasteiger partial charge >= 0.3 is 0 Å². The highest BCUT2D eigenvalue weighted by Crippen LogP contribution is 2.19. The first-order chi connectivity index (χ1) is 7.91. The molecule has 1 aliphatic heterocycles. The molecule has 1 amide bonds. The molecule has 0 aromatic heterocycles. The molecule has 1 heterocycles. The summed E-state index contributed by atoms with van der Waals surface area (Å²) in [5.41, 5.74) is 0. The summed E-state index contributed by atoms with van der Waals surface area (Å²) in [5.74, 6) is 0.306. The number of nitrogens with one attached hydrogen (secondary N) is 1. The fraction of sp³-hybridized carbons (Fsp3) is 0.909. The van der Waals surface area contributed by atoms with Crippen molar-refractivity contribution in [3.05, 3.63) is 0 Å². The molecule has 6 heteroatoms. The molecule has 0 aliphatic carbocycles.